The zero-order chi connectivity index (χ0) is 29.6. The number of amides is 3. The van der Waals surface area contributed by atoms with Gasteiger partial charge in [0.05, 0.1) is 17.9 Å². The Labute approximate surface area is 251 Å². The van der Waals surface area contributed by atoms with Crippen LogP contribution >= 0.6 is 21.6 Å². The van der Waals surface area contributed by atoms with Crippen LogP contribution in [-0.4, -0.2) is 58.8 Å². The van der Waals surface area contributed by atoms with Gasteiger partial charge in [0.1, 0.15) is 23.4 Å². The van der Waals surface area contributed by atoms with Crippen LogP contribution in [-0.2, 0) is 9.53 Å². The summed E-state index contributed by atoms with van der Waals surface area (Å²) >= 11 is 0. The van der Waals surface area contributed by atoms with E-state index in [1.54, 1.807) is 23.2 Å². The summed E-state index contributed by atoms with van der Waals surface area (Å²) in [5.74, 6) is -0.103. The molecule has 0 bridgehead atoms. The second-order valence-electron chi connectivity index (χ2n) is 11.9. The molecule has 0 saturated carbocycles. The maximum atomic E-state index is 13.7. The minimum Gasteiger partial charge on any atom is -0.493 e. The van der Waals surface area contributed by atoms with Crippen LogP contribution in [0.25, 0.3) is 0 Å². The zero-order valence-corrected chi connectivity index (χ0v) is 26.3. The Kier molecular flexibility index (Phi) is 10.6. The number of hydrogen-bond acceptors (Lipinski definition) is 8. The van der Waals surface area contributed by atoms with E-state index in [0.29, 0.717) is 42.7 Å². The van der Waals surface area contributed by atoms with E-state index in [4.69, 9.17) is 9.47 Å². The highest BCUT2D eigenvalue weighted by atomic mass is 33.1. The Morgan fingerprint density at radius 3 is 2.71 bits per heavy atom. The van der Waals surface area contributed by atoms with Gasteiger partial charge in [-0.2, -0.15) is 0 Å². The Hall–Kier alpha value is -2.72. The van der Waals surface area contributed by atoms with Crippen LogP contribution in [0.15, 0.2) is 41.6 Å². The van der Waals surface area contributed by atoms with Gasteiger partial charge in [0, 0.05) is 24.1 Å². The van der Waals surface area contributed by atoms with Crippen molar-refractivity contribution in [2.45, 2.75) is 89.5 Å². The van der Waals surface area contributed by atoms with Gasteiger partial charge in [0.2, 0.25) is 0 Å². The molecular formula is C31H41N3O5S2. The molecule has 10 heteroatoms. The van der Waals surface area contributed by atoms with Gasteiger partial charge >= 0.3 is 6.09 Å². The lowest BCUT2D eigenvalue weighted by Gasteiger charge is -2.24. The van der Waals surface area contributed by atoms with Gasteiger partial charge < -0.3 is 14.4 Å². The summed E-state index contributed by atoms with van der Waals surface area (Å²) in [6.07, 6.45) is 6.44. The second-order valence-corrected chi connectivity index (χ2v) is 14.6. The quantitative estimate of drug-likeness (QED) is 0.196. The predicted molar refractivity (Wildman–Crippen MR) is 165 cm³/mol. The smallest absolute Gasteiger partial charge is 0.421 e. The minimum atomic E-state index is -0.773. The fourth-order valence-electron chi connectivity index (χ4n) is 4.99. The SMILES string of the molecule is Cc1cc2c(cc1OCCCCCC(C)(C)C)N(C(=O)OCC(C)SSc1ccccn1)C(=O)[C@@H]1CCCN1C2=O. The molecular weight excluding hydrogens is 558 g/mol. The highest BCUT2D eigenvalue weighted by Gasteiger charge is 2.45. The molecule has 3 heterocycles. The molecule has 1 aromatic carbocycles. The number of pyridine rings is 1. The first-order chi connectivity index (χ1) is 19.5. The molecule has 0 aliphatic carbocycles. The van der Waals surface area contributed by atoms with E-state index >= 15 is 0 Å². The maximum absolute atomic E-state index is 13.7. The predicted octanol–water partition coefficient (Wildman–Crippen LogP) is 7.29. The highest BCUT2D eigenvalue weighted by molar-refractivity contribution is 8.76. The molecule has 4 rings (SSSR count). The van der Waals surface area contributed by atoms with E-state index in [9.17, 15) is 14.4 Å². The Morgan fingerprint density at radius 2 is 1.98 bits per heavy atom. The molecule has 1 unspecified atom stereocenters. The van der Waals surface area contributed by atoms with Crippen molar-refractivity contribution in [2.75, 3.05) is 24.7 Å². The maximum Gasteiger partial charge on any atom is 0.421 e. The Balaban J connectivity index is 1.48. The van der Waals surface area contributed by atoms with Gasteiger partial charge in [0.15, 0.2) is 0 Å². The van der Waals surface area contributed by atoms with E-state index in [2.05, 4.69) is 25.8 Å². The number of carbonyl (C=O) groups is 3. The van der Waals surface area contributed by atoms with Gasteiger partial charge in [0.25, 0.3) is 11.8 Å². The first kappa shape index (κ1) is 31.2. The van der Waals surface area contributed by atoms with Crippen molar-refractivity contribution in [2.24, 2.45) is 5.41 Å². The number of fused-ring (bicyclic) bond motifs is 2. The number of carbonyl (C=O) groups excluding carboxylic acids is 3. The number of aryl methyl sites for hydroxylation is 1. The average Bonchev–Trinajstić information content (AvgIpc) is 3.41. The topological polar surface area (TPSA) is 89.0 Å². The Morgan fingerprint density at radius 1 is 1.17 bits per heavy atom. The van der Waals surface area contributed by atoms with Gasteiger partial charge in [-0.05, 0) is 79.5 Å². The molecule has 2 atom stereocenters. The summed E-state index contributed by atoms with van der Waals surface area (Å²) < 4.78 is 11.8. The molecule has 1 saturated heterocycles. The second kappa shape index (κ2) is 14.0. The fourth-order valence-corrected chi connectivity index (χ4v) is 6.87. The van der Waals surface area contributed by atoms with Crippen molar-refractivity contribution in [1.29, 1.82) is 0 Å². The molecule has 222 valence electrons. The number of anilines is 1. The Bertz CT molecular complexity index is 1230. The third kappa shape index (κ3) is 8.19. The summed E-state index contributed by atoms with van der Waals surface area (Å²) in [6.45, 7) is 11.7. The van der Waals surface area contributed by atoms with Crippen molar-refractivity contribution in [3.8, 4) is 5.75 Å². The van der Waals surface area contributed by atoms with Gasteiger partial charge in [-0.15, -0.1) is 0 Å². The van der Waals surface area contributed by atoms with Crippen LogP contribution in [0.4, 0.5) is 10.5 Å². The standard InChI is InChI=1S/C31H41N3O5S2/c1-21-18-23-25(19-26(21)38-17-10-6-8-14-31(3,4)5)34(29(36)24-12-11-16-33(24)28(23)35)30(37)39-20-22(2)40-41-27-13-7-9-15-32-27/h7,9,13,15,18-19,22,24H,6,8,10-12,14,16-17,20H2,1-5H3/t22?,24-/m0/s1. The number of benzene rings is 1. The molecule has 0 radical (unpaired) electrons. The van der Waals surface area contributed by atoms with Crippen molar-refractivity contribution in [3.05, 3.63) is 47.7 Å². The number of unbranched alkanes of at least 4 members (excludes halogenated alkanes) is 2. The van der Waals surface area contributed by atoms with Crippen molar-refractivity contribution >= 4 is 45.2 Å². The van der Waals surface area contributed by atoms with E-state index in [0.717, 1.165) is 41.2 Å². The summed E-state index contributed by atoms with van der Waals surface area (Å²) in [4.78, 5) is 47.7. The zero-order valence-electron chi connectivity index (χ0n) is 24.7. The van der Waals surface area contributed by atoms with Crippen LogP contribution < -0.4 is 9.64 Å². The fraction of sp³-hybridized carbons (Fsp3) is 0.548. The number of nitrogens with zero attached hydrogens (tertiary/aromatic N) is 3. The number of rotatable bonds is 11. The third-order valence-corrected chi connectivity index (χ3v) is 9.93. The molecule has 0 N–H and O–H groups in total. The number of ether oxygens (including phenoxy) is 2. The van der Waals surface area contributed by atoms with Crippen LogP contribution in [0.2, 0.25) is 0 Å². The van der Waals surface area contributed by atoms with E-state index in [-0.39, 0.29) is 23.5 Å². The molecule has 3 amide bonds. The summed E-state index contributed by atoms with van der Waals surface area (Å²) in [5.41, 5.74) is 1.66. The number of aromatic nitrogens is 1. The molecule has 8 nitrogen and oxygen atoms in total. The molecule has 0 spiro atoms. The van der Waals surface area contributed by atoms with Crippen molar-refractivity contribution in [1.82, 2.24) is 9.88 Å². The van der Waals surface area contributed by atoms with Crippen molar-refractivity contribution < 1.29 is 23.9 Å². The normalized spacial score (nSPS) is 17.6. The van der Waals surface area contributed by atoms with E-state index in [1.807, 2.05) is 32.0 Å². The summed E-state index contributed by atoms with van der Waals surface area (Å²) in [7, 11) is 3.04. The van der Waals surface area contributed by atoms with Crippen LogP contribution in [0, 0.1) is 12.3 Å². The third-order valence-electron chi connectivity index (χ3n) is 7.17. The lowest BCUT2D eigenvalue weighted by atomic mass is 9.89. The molecule has 2 aromatic rings. The van der Waals surface area contributed by atoms with Crippen LogP contribution in [0.3, 0.4) is 0 Å². The van der Waals surface area contributed by atoms with E-state index < -0.39 is 18.0 Å². The number of hydrogen-bond donors (Lipinski definition) is 0. The lowest BCUT2D eigenvalue weighted by Crippen LogP contribution is -2.47. The summed E-state index contributed by atoms with van der Waals surface area (Å²) in [5, 5.41) is 0.816. The molecule has 41 heavy (non-hydrogen) atoms. The van der Waals surface area contributed by atoms with Gasteiger partial charge in [-0.25, -0.2) is 14.7 Å². The van der Waals surface area contributed by atoms with Crippen molar-refractivity contribution in [3.63, 3.8) is 0 Å². The largest absolute Gasteiger partial charge is 0.493 e. The van der Waals surface area contributed by atoms with Gasteiger partial charge in [-0.3, -0.25) is 9.59 Å². The summed E-state index contributed by atoms with van der Waals surface area (Å²) in [6, 6.07) is 8.42. The highest BCUT2D eigenvalue weighted by Crippen LogP contribution is 2.38. The first-order valence-electron chi connectivity index (χ1n) is 14.4. The molecule has 1 aromatic heterocycles. The molecule has 1 fully saturated rings. The van der Waals surface area contributed by atoms with Crippen LogP contribution in [0.1, 0.15) is 82.1 Å². The first-order valence-corrected chi connectivity index (χ1v) is 16.6. The van der Waals surface area contributed by atoms with Crippen LogP contribution in [0.5, 0.6) is 5.75 Å². The molecule has 2 aliphatic rings. The molecule has 2 aliphatic heterocycles. The lowest BCUT2D eigenvalue weighted by molar-refractivity contribution is -0.121. The average molecular weight is 600 g/mol. The van der Waals surface area contributed by atoms with Gasteiger partial charge in [-0.1, -0.05) is 50.5 Å². The minimum absolute atomic E-state index is 0.0488. The number of imide groups is 1. The monoisotopic (exact) mass is 599 g/mol. The van der Waals surface area contributed by atoms with E-state index in [1.165, 1.54) is 21.6 Å².